The van der Waals surface area contributed by atoms with Crippen LogP contribution in [0.4, 0.5) is 0 Å². The predicted molar refractivity (Wildman–Crippen MR) is 105 cm³/mol. The molecule has 0 bridgehead atoms. The van der Waals surface area contributed by atoms with Gasteiger partial charge >= 0.3 is 0 Å². The molecule has 1 fully saturated rings. The number of hydrogen-bond donors (Lipinski definition) is 0. The summed E-state index contributed by atoms with van der Waals surface area (Å²) in [5, 5.41) is 0. The Morgan fingerprint density at radius 2 is 1.89 bits per heavy atom. The Labute approximate surface area is 166 Å². The van der Waals surface area contributed by atoms with E-state index in [4.69, 9.17) is 23.7 Å². The SMILES string of the molecule is C=CCC1=C[C@]2(OC)C(C)C(c3ccc(OC)c(OC)c3)O[C@]2(OC)CC1=O. The van der Waals surface area contributed by atoms with E-state index in [9.17, 15) is 4.79 Å². The molecule has 0 aromatic heterocycles. The lowest BCUT2D eigenvalue weighted by atomic mass is 9.72. The van der Waals surface area contributed by atoms with Crippen molar-refractivity contribution in [3.8, 4) is 11.5 Å². The van der Waals surface area contributed by atoms with Crippen molar-refractivity contribution in [2.24, 2.45) is 5.92 Å². The molecule has 0 N–H and O–H groups in total. The molecule has 6 nitrogen and oxygen atoms in total. The summed E-state index contributed by atoms with van der Waals surface area (Å²) in [5.41, 5.74) is 0.678. The summed E-state index contributed by atoms with van der Waals surface area (Å²) in [5.74, 6) is -0.0815. The molecule has 152 valence electrons. The maximum absolute atomic E-state index is 12.7. The van der Waals surface area contributed by atoms with Crippen LogP contribution in [0.25, 0.3) is 0 Å². The van der Waals surface area contributed by atoms with Gasteiger partial charge in [-0.3, -0.25) is 4.79 Å². The molecule has 1 aromatic rings. The highest BCUT2D eigenvalue weighted by molar-refractivity contribution is 5.97. The minimum Gasteiger partial charge on any atom is -0.493 e. The lowest BCUT2D eigenvalue weighted by molar-refractivity contribution is -0.274. The van der Waals surface area contributed by atoms with Gasteiger partial charge in [-0.1, -0.05) is 19.1 Å². The lowest BCUT2D eigenvalue weighted by Crippen LogP contribution is -2.58. The van der Waals surface area contributed by atoms with Crippen molar-refractivity contribution in [3.63, 3.8) is 0 Å². The first-order chi connectivity index (χ1) is 13.4. The third-order valence-corrected chi connectivity index (χ3v) is 5.95. The van der Waals surface area contributed by atoms with Crippen molar-refractivity contribution < 1.29 is 28.5 Å². The Bertz CT molecular complexity index is 800. The Hall–Kier alpha value is -2.15. The Balaban J connectivity index is 2.10. The monoisotopic (exact) mass is 388 g/mol. The molecule has 1 heterocycles. The van der Waals surface area contributed by atoms with Crippen LogP contribution in [0.1, 0.15) is 31.4 Å². The summed E-state index contributed by atoms with van der Waals surface area (Å²) in [7, 11) is 6.37. The molecule has 0 radical (unpaired) electrons. The molecule has 6 heteroatoms. The Morgan fingerprint density at radius 1 is 1.18 bits per heavy atom. The van der Waals surface area contributed by atoms with Gasteiger partial charge in [0.05, 0.1) is 26.7 Å². The fourth-order valence-corrected chi connectivity index (χ4v) is 4.45. The fourth-order valence-electron chi connectivity index (χ4n) is 4.45. The minimum absolute atomic E-state index is 0.0189. The van der Waals surface area contributed by atoms with Crippen molar-refractivity contribution in [1.29, 1.82) is 0 Å². The standard InChI is InChI=1S/C22H28O6/c1-7-8-16-12-21(26-5)14(2)20(28-22(21,27-6)13-17(16)23)15-9-10-18(24-3)19(11-15)25-4/h7,9-12,14,20H,1,8,13H2,2-6H3/t14?,20?,21-,22+/m0/s1. The van der Waals surface area contributed by atoms with Crippen LogP contribution in [0.2, 0.25) is 0 Å². The zero-order valence-corrected chi connectivity index (χ0v) is 17.1. The second kappa shape index (κ2) is 7.70. The number of benzene rings is 1. The molecule has 1 saturated heterocycles. The van der Waals surface area contributed by atoms with E-state index < -0.39 is 11.4 Å². The Morgan fingerprint density at radius 3 is 2.46 bits per heavy atom. The van der Waals surface area contributed by atoms with E-state index >= 15 is 0 Å². The first-order valence-electron chi connectivity index (χ1n) is 9.27. The molecule has 2 aliphatic rings. The quantitative estimate of drug-likeness (QED) is 0.665. The normalized spacial score (nSPS) is 31.9. The minimum atomic E-state index is -1.19. The molecular formula is C22H28O6. The molecule has 3 rings (SSSR count). The van der Waals surface area contributed by atoms with Crippen LogP contribution in [0.5, 0.6) is 11.5 Å². The van der Waals surface area contributed by atoms with Gasteiger partial charge in [0.2, 0.25) is 5.79 Å². The number of carbonyl (C=O) groups excluding carboxylic acids is 1. The van der Waals surface area contributed by atoms with Gasteiger partial charge in [-0.25, -0.2) is 0 Å². The van der Waals surface area contributed by atoms with Crippen LogP contribution < -0.4 is 9.47 Å². The van der Waals surface area contributed by atoms with E-state index in [1.54, 1.807) is 34.5 Å². The van der Waals surface area contributed by atoms with E-state index in [2.05, 4.69) is 6.58 Å². The number of ether oxygens (including phenoxy) is 5. The molecule has 1 aromatic carbocycles. The fraction of sp³-hybridized carbons (Fsp3) is 0.500. The van der Waals surface area contributed by atoms with Gasteiger partial charge in [0, 0.05) is 20.1 Å². The third-order valence-electron chi connectivity index (χ3n) is 5.95. The summed E-state index contributed by atoms with van der Waals surface area (Å²) in [4.78, 5) is 12.7. The molecule has 1 aliphatic carbocycles. The summed E-state index contributed by atoms with van der Waals surface area (Å²) in [6.45, 7) is 5.80. The highest BCUT2D eigenvalue weighted by atomic mass is 16.7. The zero-order valence-electron chi connectivity index (χ0n) is 17.1. The largest absolute Gasteiger partial charge is 0.493 e. The summed E-state index contributed by atoms with van der Waals surface area (Å²) >= 11 is 0. The van der Waals surface area contributed by atoms with Crippen LogP contribution in [0.15, 0.2) is 42.5 Å². The summed E-state index contributed by atoms with van der Waals surface area (Å²) < 4.78 is 29.0. The maximum Gasteiger partial charge on any atom is 0.209 e. The number of carbonyl (C=O) groups is 1. The van der Waals surface area contributed by atoms with Crippen molar-refractivity contribution in [2.75, 3.05) is 28.4 Å². The van der Waals surface area contributed by atoms with Crippen molar-refractivity contribution in [2.45, 2.75) is 37.3 Å². The average Bonchev–Trinajstić information content (AvgIpc) is 2.97. The summed E-state index contributed by atoms with van der Waals surface area (Å²) in [6, 6.07) is 5.66. The highest BCUT2D eigenvalue weighted by Gasteiger charge is 2.67. The molecule has 0 saturated carbocycles. The van der Waals surface area contributed by atoms with Crippen LogP contribution >= 0.6 is 0 Å². The van der Waals surface area contributed by atoms with E-state index in [0.717, 1.165) is 5.56 Å². The number of hydrogen-bond acceptors (Lipinski definition) is 6. The van der Waals surface area contributed by atoms with Crippen molar-refractivity contribution >= 4 is 5.78 Å². The van der Waals surface area contributed by atoms with Crippen LogP contribution in [-0.4, -0.2) is 45.6 Å². The number of methoxy groups -OCH3 is 4. The molecule has 0 spiro atoms. The topological polar surface area (TPSA) is 63.2 Å². The van der Waals surface area contributed by atoms with Gasteiger partial charge in [0.1, 0.15) is 5.60 Å². The number of ketones is 1. The molecule has 0 amide bonds. The van der Waals surface area contributed by atoms with Crippen LogP contribution in [0, 0.1) is 5.92 Å². The smallest absolute Gasteiger partial charge is 0.209 e. The number of Topliss-reactive ketones (excluding diaryl/α,β-unsaturated/α-hetero) is 1. The van der Waals surface area contributed by atoms with E-state index in [-0.39, 0.29) is 24.2 Å². The molecule has 2 unspecified atom stereocenters. The number of rotatable bonds is 7. The van der Waals surface area contributed by atoms with Gasteiger partial charge in [-0.15, -0.1) is 6.58 Å². The van der Waals surface area contributed by atoms with Crippen molar-refractivity contribution in [3.05, 3.63) is 48.1 Å². The van der Waals surface area contributed by atoms with Gasteiger partial charge in [0.15, 0.2) is 17.3 Å². The lowest BCUT2D eigenvalue weighted by Gasteiger charge is -2.44. The average molecular weight is 388 g/mol. The maximum atomic E-state index is 12.7. The Kier molecular flexibility index (Phi) is 5.66. The second-order valence-corrected chi connectivity index (χ2v) is 7.16. The van der Waals surface area contributed by atoms with E-state index in [1.807, 2.05) is 31.2 Å². The van der Waals surface area contributed by atoms with Gasteiger partial charge < -0.3 is 23.7 Å². The zero-order chi connectivity index (χ0) is 20.5. The third kappa shape index (κ3) is 2.87. The van der Waals surface area contributed by atoms with Crippen LogP contribution in [-0.2, 0) is 19.0 Å². The molecular weight excluding hydrogens is 360 g/mol. The highest BCUT2D eigenvalue weighted by Crippen LogP contribution is 2.57. The van der Waals surface area contributed by atoms with Crippen LogP contribution in [0.3, 0.4) is 0 Å². The number of allylic oxidation sites excluding steroid dienone is 2. The first kappa shape index (κ1) is 20.6. The van der Waals surface area contributed by atoms with Gasteiger partial charge in [0.25, 0.3) is 0 Å². The summed E-state index contributed by atoms with van der Waals surface area (Å²) in [6.07, 6.45) is 3.81. The van der Waals surface area contributed by atoms with Gasteiger partial charge in [-0.2, -0.15) is 0 Å². The van der Waals surface area contributed by atoms with E-state index in [0.29, 0.717) is 23.5 Å². The van der Waals surface area contributed by atoms with Gasteiger partial charge in [-0.05, 0) is 35.8 Å². The molecule has 1 aliphatic heterocycles. The second-order valence-electron chi connectivity index (χ2n) is 7.16. The first-order valence-corrected chi connectivity index (χ1v) is 9.27. The van der Waals surface area contributed by atoms with Crippen molar-refractivity contribution in [1.82, 2.24) is 0 Å². The predicted octanol–water partition coefficient (Wildman–Crippen LogP) is 3.61. The number of fused-ring (bicyclic) bond motifs is 1. The molecule has 4 atom stereocenters. The molecule has 28 heavy (non-hydrogen) atoms. The van der Waals surface area contributed by atoms with E-state index in [1.165, 1.54) is 0 Å².